The molecule has 2 aromatic carbocycles. The minimum Gasteiger partial charge on any atom is -0.378 e. The van der Waals surface area contributed by atoms with Crippen LogP contribution in [0.3, 0.4) is 0 Å². The number of aromatic nitrogens is 2. The first-order valence-electron chi connectivity index (χ1n) is 6.47. The summed E-state index contributed by atoms with van der Waals surface area (Å²) in [5, 5.41) is 3.37. The van der Waals surface area contributed by atoms with Gasteiger partial charge in [0.15, 0.2) is 0 Å². The molecule has 0 aliphatic heterocycles. The number of hydrogen-bond acceptors (Lipinski definition) is 2. The molecule has 3 aromatic rings. The van der Waals surface area contributed by atoms with Crippen LogP contribution in [0.4, 0.5) is 5.69 Å². The van der Waals surface area contributed by atoms with Crippen LogP contribution in [0.25, 0.3) is 11.0 Å². The molecule has 3 heteroatoms. The van der Waals surface area contributed by atoms with Crippen LogP contribution < -0.4 is 5.32 Å². The van der Waals surface area contributed by atoms with E-state index in [4.69, 9.17) is 0 Å². The molecule has 0 aliphatic carbocycles. The van der Waals surface area contributed by atoms with Gasteiger partial charge in [-0.1, -0.05) is 29.8 Å². The number of fused-ring (bicyclic) bond motifs is 1. The molecule has 0 spiro atoms. The number of aryl methyl sites for hydroxylation is 2. The average molecular weight is 251 g/mol. The number of rotatable bonds is 3. The number of H-pyrrole nitrogens is 1. The van der Waals surface area contributed by atoms with Crippen LogP contribution in [-0.4, -0.2) is 9.97 Å². The zero-order chi connectivity index (χ0) is 13.2. The number of benzene rings is 2. The topological polar surface area (TPSA) is 40.7 Å². The van der Waals surface area contributed by atoms with E-state index in [-0.39, 0.29) is 0 Å². The van der Waals surface area contributed by atoms with Crippen LogP contribution in [0.5, 0.6) is 0 Å². The Morgan fingerprint density at radius 1 is 1.05 bits per heavy atom. The van der Waals surface area contributed by atoms with Crippen molar-refractivity contribution in [3.63, 3.8) is 0 Å². The molecule has 0 aliphatic rings. The van der Waals surface area contributed by atoms with Gasteiger partial charge in [-0.15, -0.1) is 0 Å². The number of anilines is 1. The molecule has 2 N–H and O–H groups in total. The van der Waals surface area contributed by atoms with Crippen LogP contribution in [-0.2, 0) is 6.54 Å². The maximum atomic E-state index is 4.63. The Bertz CT molecular complexity index is 696. The molecular formula is C16H17N3. The average Bonchev–Trinajstić information content (AvgIpc) is 2.83. The Labute approximate surface area is 112 Å². The smallest absolute Gasteiger partial charge is 0.126 e. The third kappa shape index (κ3) is 2.45. The molecule has 0 unspecified atom stereocenters. The van der Waals surface area contributed by atoms with Gasteiger partial charge in [0.25, 0.3) is 0 Å². The lowest BCUT2D eigenvalue weighted by Gasteiger charge is -2.04. The van der Waals surface area contributed by atoms with E-state index < -0.39 is 0 Å². The number of para-hydroxylation sites is 1. The van der Waals surface area contributed by atoms with Gasteiger partial charge in [0.1, 0.15) is 5.82 Å². The molecule has 0 amide bonds. The van der Waals surface area contributed by atoms with Gasteiger partial charge in [0.2, 0.25) is 0 Å². The van der Waals surface area contributed by atoms with E-state index in [9.17, 15) is 0 Å². The second-order valence-corrected chi connectivity index (χ2v) is 4.87. The summed E-state index contributed by atoms with van der Waals surface area (Å²) in [5.41, 5.74) is 5.74. The first-order chi connectivity index (χ1) is 9.22. The highest BCUT2D eigenvalue weighted by Gasteiger charge is 2.04. The van der Waals surface area contributed by atoms with Gasteiger partial charge in [-0.2, -0.15) is 0 Å². The first kappa shape index (κ1) is 11.8. The van der Waals surface area contributed by atoms with Gasteiger partial charge in [-0.3, -0.25) is 0 Å². The van der Waals surface area contributed by atoms with Crippen LogP contribution in [0.1, 0.15) is 17.0 Å². The van der Waals surface area contributed by atoms with E-state index in [1.165, 1.54) is 11.1 Å². The van der Waals surface area contributed by atoms with Crippen molar-refractivity contribution in [3.05, 3.63) is 59.4 Å². The molecule has 0 bridgehead atoms. The summed E-state index contributed by atoms with van der Waals surface area (Å²) in [4.78, 5) is 7.97. The lowest BCUT2D eigenvalue weighted by Crippen LogP contribution is -2.00. The predicted molar refractivity (Wildman–Crippen MR) is 79.3 cm³/mol. The van der Waals surface area contributed by atoms with Crippen molar-refractivity contribution >= 4 is 16.7 Å². The van der Waals surface area contributed by atoms with E-state index in [2.05, 4.69) is 65.5 Å². The lowest BCUT2D eigenvalue weighted by atomic mass is 10.2. The Morgan fingerprint density at radius 3 is 2.58 bits per heavy atom. The van der Waals surface area contributed by atoms with Crippen molar-refractivity contribution in [3.8, 4) is 0 Å². The number of nitrogens with one attached hydrogen (secondary N) is 2. The fourth-order valence-electron chi connectivity index (χ4n) is 2.17. The number of hydrogen-bond donors (Lipinski definition) is 2. The van der Waals surface area contributed by atoms with Gasteiger partial charge >= 0.3 is 0 Å². The molecule has 0 radical (unpaired) electrons. The summed E-state index contributed by atoms with van der Waals surface area (Å²) in [7, 11) is 0. The second-order valence-electron chi connectivity index (χ2n) is 4.87. The van der Waals surface area contributed by atoms with Crippen LogP contribution in [0, 0.1) is 13.8 Å². The van der Waals surface area contributed by atoms with E-state index >= 15 is 0 Å². The number of imidazole rings is 1. The summed E-state index contributed by atoms with van der Waals surface area (Å²) in [6, 6.07) is 14.6. The van der Waals surface area contributed by atoms with Crippen LogP contribution in [0.2, 0.25) is 0 Å². The molecule has 96 valence electrons. The molecule has 19 heavy (non-hydrogen) atoms. The number of aromatic amines is 1. The molecule has 1 aromatic heterocycles. The maximum Gasteiger partial charge on any atom is 0.126 e. The minimum atomic E-state index is 0.706. The van der Waals surface area contributed by atoms with Gasteiger partial charge in [-0.05, 0) is 37.6 Å². The van der Waals surface area contributed by atoms with E-state index in [0.29, 0.717) is 6.54 Å². The zero-order valence-corrected chi connectivity index (χ0v) is 11.2. The summed E-state index contributed by atoms with van der Waals surface area (Å²) in [6.07, 6.45) is 0. The Morgan fingerprint density at radius 2 is 1.84 bits per heavy atom. The molecule has 3 rings (SSSR count). The monoisotopic (exact) mass is 251 g/mol. The van der Waals surface area contributed by atoms with Gasteiger partial charge in [-0.25, -0.2) is 4.98 Å². The number of nitrogens with zero attached hydrogens (tertiary/aromatic N) is 1. The standard InChI is InChI=1S/C16H17N3/c1-11-6-8-13(9-7-11)17-10-15-18-14-5-3-4-12(2)16(14)19-15/h3-9,17H,10H2,1-2H3,(H,18,19). The quantitative estimate of drug-likeness (QED) is 0.743. The van der Waals surface area contributed by atoms with Gasteiger partial charge in [0.05, 0.1) is 17.6 Å². The van der Waals surface area contributed by atoms with Crippen molar-refractivity contribution in [2.75, 3.05) is 5.32 Å². The third-order valence-corrected chi connectivity index (χ3v) is 3.28. The summed E-state index contributed by atoms with van der Waals surface area (Å²) in [6.45, 7) is 4.88. The maximum absolute atomic E-state index is 4.63. The predicted octanol–water partition coefficient (Wildman–Crippen LogP) is 3.79. The van der Waals surface area contributed by atoms with Crippen molar-refractivity contribution in [1.82, 2.24) is 9.97 Å². The molecule has 0 saturated heterocycles. The van der Waals surface area contributed by atoms with E-state index in [1.54, 1.807) is 0 Å². The first-order valence-corrected chi connectivity index (χ1v) is 6.47. The molecule has 0 atom stereocenters. The van der Waals surface area contributed by atoms with Crippen molar-refractivity contribution in [1.29, 1.82) is 0 Å². The van der Waals surface area contributed by atoms with Crippen molar-refractivity contribution in [2.45, 2.75) is 20.4 Å². The Hall–Kier alpha value is -2.29. The lowest BCUT2D eigenvalue weighted by molar-refractivity contribution is 1.01. The molecular weight excluding hydrogens is 234 g/mol. The highest BCUT2D eigenvalue weighted by atomic mass is 15.0. The SMILES string of the molecule is Cc1ccc(NCc2nc3c(C)cccc3[nH]2)cc1. The van der Waals surface area contributed by atoms with Crippen LogP contribution >= 0.6 is 0 Å². The largest absolute Gasteiger partial charge is 0.378 e. The normalized spacial score (nSPS) is 10.8. The summed E-state index contributed by atoms with van der Waals surface area (Å²) < 4.78 is 0. The molecule has 3 nitrogen and oxygen atoms in total. The van der Waals surface area contributed by atoms with Crippen molar-refractivity contribution < 1.29 is 0 Å². The van der Waals surface area contributed by atoms with E-state index in [1.807, 2.05) is 6.07 Å². The Kier molecular flexibility index (Phi) is 2.95. The molecule has 0 fully saturated rings. The van der Waals surface area contributed by atoms with Crippen LogP contribution in [0.15, 0.2) is 42.5 Å². The highest BCUT2D eigenvalue weighted by Crippen LogP contribution is 2.16. The van der Waals surface area contributed by atoms with Gasteiger partial charge < -0.3 is 10.3 Å². The fourth-order valence-corrected chi connectivity index (χ4v) is 2.17. The Balaban J connectivity index is 1.78. The zero-order valence-electron chi connectivity index (χ0n) is 11.2. The second kappa shape index (κ2) is 4.76. The summed E-state index contributed by atoms with van der Waals surface area (Å²) >= 11 is 0. The third-order valence-electron chi connectivity index (χ3n) is 3.28. The van der Waals surface area contributed by atoms with E-state index in [0.717, 1.165) is 22.5 Å². The van der Waals surface area contributed by atoms with Gasteiger partial charge in [0, 0.05) is 5.69 Å². The fraction of sp³-hybridized carbons (Fsp3) is 0.188. The summed E-state index contributed by atoms with van der Waals surface area (Å²) in [5.74, 6) is 0.963. The molecule has 0 saturated carbocycles. The molecule has 1 heterocycles. The highest BCUT2D eigenvalue weighted by molar-refractivity contribution is 5.78. The minimum absolute atomic E-state index is 0.706. The van der Waals surface area contributed by atoms with Crippen molar-refractivity contribution in [2.24, 2.45) is 0 Å².